The molecule has 0 bridgehead atoms. The van der Waals surface area contributed by atoms with Crippen molar-refractivity contribution in [3.8, 4) is 0 Å². The predicted molar refractivity (Wildman–Crippen MR) is 33.9 cm³/mol. The van der Waals surface area contributed by atoms with Gasteiger partial charge in [0.05, 0.1) is 0 Å². The molecule has 1 fully saturated rings. The zero-order chi connectivity index (χ0) is 7.07. The van der Waals surface area contributed by atoms with Crippen LogP contribution in [-0.4, -0.2) is 21.3 Å². The Morgan fingerprint density at radius 1 is 1.11 bits per heavy atom. The highest BCUT2D eigenvalue weighted by atomic mass is 32.3. The molecule has 0 saturated carbocycles. The molecule has 0 unspecified atom stereocenters. The molecule has 0 spiro atoms. The van der Waals surface area contributed by atoms with Crippen molar-refractivity contribution in [1.82, 2.24) is 0 Å². The quantitative estimate of drug-likeness (QED) is 0.553. The third kappa shape index (κ3) is 1.56. The van der Waals surface area contributed by atoms with Crippen LogP contribution in [0, 0.1) is 0 Å². The minimum atomic E-state index is -3.14. The van der Waals surface area contributed by atoms with Crippen molar-refractivity contribution in [2.45, 2.75) is 26.1 Å². The smallest absolute Gasteiger partial charge is 0.219 e. The molecule has 1 aliphatic rings. The maximum Gasteiger partial charge on any atom is 0.219 e. The molecule has 5 heteroatoms. The van der Waals surface area contributed by atoms with Gasteiger partial charge in [-0.05, 0) is 13.8 Å². The molecule has 0 aromatic rings. The van der Waals surface area contributed by atoms with Gasteiger partial charge >= 0.3 is 0 Å². The molecule has 2 atom stereocenters. The fourth-order valence-electron chi connectivity index (χ4n) is 0.575. The van der Waals surface area contributed by atoms with Crippen molar-refractivity contribution in [3.05, 3.63) is 0 Å². The molecule has 0 aromatic heterocycles. The second kappa shape index (κ2) is 2.10. The summed E-state index contributed by atoms with van der Waals surface area (Å²) >= 11 is -3.14. The summed E-state index contributed by atoms with van der Waals surface area (Å²) < 4.78 is 26.7. The predicted octanol–water partition coefficient (Wildman–Crippen LogP) is 1.39. The Labute approximate surface area is 55.5 Å². The molecule has 1 heterocycles. The highest BCUT2D eigenvalue weighted by Gasteiger charge is 2.37. The van der Waals surface area contributed by atoms with Crippen molar-refractivity contribution in [2.24, 2.45) is 0 Å². The van der Waals surface area contributed by atoms with Crippen LogP contribution in [0.15, 0.2) is 0 Å². The lowest BCUT2D eigenvalue weighted by molar-refractivity contribution is 0.187. The maximum absolute atomic E-state index is 8.73. The van der Waals surface area contributed by atoms with Crippen LogP contribution in [0.3, 0.4) is 0 Å². The van der Waals surface area contributed by atoms with Gasteiger partial charge in [0, 0.05) is 0 Å². The monoisotopic (exact) mass is 154 g/mol. The molecule has 1 rings (SSSR count). The summed E-state index contributed by atoms with van der Waals surface area (Å²) in [4.78, 5) is 0. The van der Waals surface area contributed by atoms with E-state index >= 15 is 0 Å². The molecule has 9 heavy (non-hydrogen) atoms. The normalized spacial score (nSPS) is 44.9. The molecule has 56 valence electrons. The molecule has 1 saturated heterocycles. The largest absolute Gasteiger partial charge is 0.287 e. The number of hydrogen-bond donors (Lipinski definition) is 2. The van der Waals surface area contributed by atoms with E-state index in [-0.39, 0.29) is 12.2 Å². The number of rotatable bonds is 0. The first-order valence-electron chi connectivity index (χ1n) is 2.66. The van der Waals surface area contributed by atoms with Crippen molar-refractivity contribution < 1.29 is 17.5 Å². The van der Waals surface area contributed by atoms with E-state index in [9.17, 15) is 0 Å². The number of hydrogen-bond acceptors (Lipinski definition) is 4. The molecule has 4 nitrogen and oxygen atoms in total. The fourth-order valence-corrected chi connectivity index (χ4v) is 1.72. The van der Waals surface area contributed by atoms with Crippen molar-refractivity contribution in [1.29, 1.82) is 0 Å². The van der Waals surface area contributed by atoms with E-state index in [0.717, 1.165) is 0 Å². The molecule has 2 N–H and O–H groups in total. The molecular formula is C4H10O4S. The first-order valence-corrected chi connectivity index (χ1v) is 4.05. The fraction of sp³-hybridized carbons (Fsp3) is 1.00. The van der Waals surface area contributed by atoms with Gasteiger partial charge < -0.3 is 0 Å². The summed E-state index contributed by atoms with van der Waals surface area (Å²) in [5.41, 5.74) is 0. The van der Waals surface area contributed by atoms with Gasteiger partial charge in [0.25, 0.3) is 0 Å². The molecular weight excluding hydrogens is 144 g/mol. The van der Waals surface area contributed by atoms with Gasteiger partial charge in [0.2, 0.25) is 11.2 Å². The van der Waals surface area contributed by atoms with Crippen LogP contribution in [0.2, 0.25) is 0 Å². The third-order valence-corrected chi connectivity index (χ3v) is 2.32. The lowest BCUT2D eigenvalue weighted by atomic mass is 10.3. The van der Waals surface area contributed by atoms with E-state index in [1.165, 1.54) is 0 Å². The second-order valence-corrected chi connectivity index (χ2v) is 3.33. The third-order valence-electron chi connectivity index (χ3n) is 1.22. The molecule has 0 amide bonds. The Morgan fingerprint density at radius 2 is 1.44 bits per heavy atom. The Hall–Kier alpha value is 0.190. The van der Waals surface area contributed by atoms with Crippen LogP contribution < -0.4 is 0 Å². The second-order valence-electron chi connectivity index (χ2n) is 2.05. The molecule has 1 aliphatic heterocycles. The zero-order valence-corrected chi connectivity index (χ0v) is 6.09. The minimum absolute atomic E-state index is 0.227. The van der Waals surface area contributed by atoms with Gasteiger partial charge in [0.1, 0.15) is 12.2 Å². The first-order chi connectivity index (χ1) is 4.01. The summed E-state index contributed by atoms with van der Waals surface area (Å²) in [7, 11) is 0. The molecule has 0 aliphatic carbocycles. The van der Waals surface area contributed by atoms with Crippen LogP contribution in [0.5, 0.6) is 0 Å². The van der Waals surface area contributed by atoms with Gasteiger partial charge in [-0.3, -0.25) is 17.5 Å². The van der Waals surface area contributed by atoms with Crippen LogP contribution in [0.4, 0.5) is 0 Å². The van der Waals surface area contributed by atoms with E-state index < -0.39 is 11.2 Å². The highest BCUT2D eigenvalue weighted by molar-refractivity contribution is 8.16. The minimum Gasteiger partial charge on any atom is -0.287 e. The van der Waals surface area contributed by atoms with Gasteiger partial charge in [-0.15, -0.1) is 0 Å². The summed E-state index contributed by atoms with van der Waals surface area (Å²) in [6.45, 7) is 3.46. The van der Waals surface area contributed by atoms with E-state index in [1.807, 2.05) is 0 Å². The van der Waals surface area contributed by atoms with Gasteiger partial charge in [-0.25, -0.2) is 0 Å². The maximum atomic E-state index is 8.73. The van der Waals surface area contributed by atoms with E-state index in [1.54, 1.807) is 13.8 Å². The Balaban J connectivity index is 2.54. The average molecular weight is 154 g/mol. The zero-order valence-electron chi connectivity index (χ0n) is 5.27. The van der Waals surface area contributed by atoms with Gasteiger partial charge in [-0.2, -0.15) is 0 Å². The van der Waals surface area contributed by atoms with E-state index in [4.69, 9.17) is 9.11 Å². The molecule has 0 aromatic carbocycles. The van der Waals surface area contributed by atoms with Crippen LogP contribution in [0.25, 0.3) is 0 Å². The van der Waals surface area contributed by atoms with Crippen LogP contribution >= 0.6 is 11.2 Å². The van der Waals surface area contributed by atoms with Crippen molar-refractivity contribution in [2.75, 3.05) is 0 Å². The lowest BCUT2D eigenvalue weighted by Crippen LogP contribution is -2.13. The molecule has 0 radical (unpaired) electrons. The SMILES string of the molecule is C[C@@H]1OS(O)(O)O[C@@H]1C. The Morgan fingerprint density at radius 3 is 1.56 bits per heavy atom. The summed E-state index contributed by atoms with van der Waals surface area (Å²) in [5.74, 6) is 0. The van der Waals surface area contributed by atoms with Crippen molar-refractivity contribution >= 4 is 11.2 Å². The Kier molecular flexibility index (Phi) is 1.71. The summed E-state index contributed by atoms with van der Waals surface area (Å²) in [5, 5.41) is 0. The van der Waals surface area contributed by atoms with E-state index in [0.29, 0.717) is 0 Å². The highest BCUT2D eigenvalue weighted by Crippen LogP contribution is 2.50. The summed E-state index contributed by atoms with van der Waals surface area (Å²) in [6.07, 6.45) is -0.454. The van der Waals surface area contributed by atoms with Gasteiger partial charge in [0.15, 0.2) is 0 Å². The van der Waals surface area contributed by atoms with Gasteiger partial charge in [-0.1, -0.05) is 0 Å². The standard InChI is InChI=1S/C4H10O4S/c1-3-4(2)8-9(5,6)7-3/h3-6H,1-2H3/t3-,4+. The average Bonchev–Trinajstić information content (AvgIpc) is 1.79. The Bertz CT molecular complexity index is 103. The van der Waals surface area contributed by atoms with Crippen molar-refractivity contribution in [3.63, 3.8) is 0 Å². The lowest BCUT2D eigenvalue weighted by Gasteiger charge is -2.15. The van der Waals surface area contributed by atoms with Crippen LogP contribution in [-0.2, 0) is 8.37 Å². The van der Waals surface area contributed by atoms with E-state index in [2.05, 4.69) is 8.37 Å². The topological polar surface area (TPSA) is 58.9 Å². The van der Waals surface area contributed by atoms with Crippen LogP contribution in [0.1, 0.15) is 13.8 Å². The summed E-state index contributed by atoms with van der Waals surface area (Å²) in [6, 6.07) is 0. The first kappa shape index (κ1) is 7.30.